The fourth-order valence-electron chi connectivity index (χ4n) is 1.51. The fourth-order valence-corrected chi connectivity index (χ4v) is 1.51. The van der Waals surface area contributed by atoms with Gasteiger partial charge in [-0.15, -0.1) is 0 Å². The number of carbonyl (C=O) groups excluding carboxylic acids is 1. The normalized spacial score (nSPS) is 11.7. The van der Waals surface area contributed by atoms with Crippen molar-refractivity contribution >= 4 is 17.6 Å². The summed E-state index contributed by atoms with van der Waals surface area (Å²) in [5, 5.41) is 11.7. The molecule has 18 heavy (non-hydrogen) atoms. The topological polar surface area (TPSA) is 102 Å². The van der Waals surface area contributed by atoms with E-state index in [-0.39, 0.29) is 5.56 Å². The molecule has 1 aromatic carbocycles. The SMILES string of the molecule is CCC(Nc1ccc(OC)cc1C(N)=O)C(=O)O. The Morgan fingerprint density at radius 3 is 2.61 bits per heavy atom. The van der Waals surface area contributed by atoms with Crippen LogP contribution in [0.1, 0.15) is 23.7 Å². The van der Waals surface area contributed by atoms with E-state index in [9.17, 15) is 9.59 Å². The van der Waals surface area contributed by atoms with Crippen LogP contribution in [0.2, 0.25) is 0 Å². The van der Waals surface area contributed by atoms with Crippen LogP contribution >= 0.6 is 0 Å². The van der Waals surface area contributed by atoms with Crippen LogP contribution in [0, 0.1) is 0 Å². The number of anilines is 1. The molecule has 0 bridgehead atoms. The third-order valence-corrected chi connectivity index (χ3v) is 2.53. The van der Waals surface area contributed by atoms with Crippen LogP contribution in [-0.2, 0) is 4.79 Å². The predicted octanol–water partition coefficient (Wildman–Crippen LogP) is 1.07. The van der Waals surface area contributed by atoms with E-state index >= 15 is 0 Å². The number of nitrogens with one attached hydrogen (secondary N) is 1. The first kappa shape index (κ1) is 13.8. The van der Waals surface area contributed by atoms with E-state index in [1.165, 1.54) is 13.2 Å². The number of hydrogen-bond acceptors (Lipinski definition) is 4. The molecule has 0 aliphatic carbocycles. The summed E-state index contributed by atoms with van der Waals surface area (Å²) in [6.45, 7) is 1.74. The molecule has 1 atom stereocenters. The number of hydrogen-bond donors (Lipinski definition) is 3. The Morgan fingerprint density at radius 1 is 1.50 bits per heavy atom. The molecule has 1 amide bonds. The average Bonchev–Trinajstić information content (AvgIpc) is 2.35. The van der Waals surface area contributed by atoms with Crippen LogP contribution < -0.4 is 15.8 Å². The summed E-state index contributed by atoms with van der Waals surface area (Å²) in [5.74, 6) is -1.14. The van der Waals surface area contributed by atoms with Crippen molar-refractivity contribution in [3.05, 3.63) is 23.8 Å². The Hall–Kier alpha value is -2.24. The Labute approximate surface area is 105 Å². The van der Waals surface area contributed by atoms with Crippen LogP contribution in [0.4, 0.5) is 5.69 Å². The quantitative estimate of drug-likeness (QED) is 0.702. The van der Waals surface area contributed by atoms with Gasteiger partial charge in [0.1, 0.15) is 11.8 Å². The molecule has 1 aromatic rings. The van der Waals surface area contributed by atoms with Gasteiger partial charge in [0, 0.05) is 5.69 Å². The number of rotatable bonds is 6. The number of primary amides is 1. The highest BCUT2D eigenvalue weighted by atomic mass is 16.5. The lowest BCUT2D eigenvalue weighted by Gasteiger charge is -2.16. The maximum absolute atomic E-state index is 11.3. The maximum Gasteiger partial charge on any atom is 0.326 e. The molecule has 6 heteroatoms. The van der Waals surface area contributed by atoms with Crippen molar-refractivity contribution in [1.82, 2.24) is 0 Å². The molecule has 0 aliphatic heterocycles. The molecule has 1 rings (SSSR count). The van der Waals surface area contributed by atoms with Gasteiger partial charge < -0.3 is 20.9 Å². The van der Waals surface area contributed by atoms with E-state index in [1.54, 1.807) is 19.1 Å². The molecule has 0 aromatic heterocycles. The van der Waals surface area contributed by atoms with Crippen molar-refractivity contribution in [2.24, 2.45) is 5.73 Å². The molecule has 98 valence electrons. The van der Waals surface area contributed by atoms with Crippen LogP contribution in [0.3, 0.4) is 0 Å². The minimum absolute atomic E-state index is 0.203. The molecule has 4 N–H and O–H groups in total. The highest BCUT2D eigenvalue weighted by Gasteiger charge is 2.18. The predicted molar refractivity (Wildman–Crippen MR) is 66.8 cm³/mol. The molecule has 0 radical (unpaired) electrons. The number of carbonyl (C=O) groups is 2. The largest absolute Gasteiger partial charge is 0.497 e. The monoisotopic (exact) mass is 252 g/mol. The van der Waals surface area contributed by atoms with Crippen LogP contribution in [-0.4, -0.2) is 30.1 Å². The zero-order chi connectivity index (χ0) is 13.7. The second-order valence-corrected chi connectivity index (χ2v) is 3.72. The number of benzene rings is 1. The summed E-state index contributed by atoms with van der Waals surface area (Å²) in [5.41, 5.74) is 5.84. The number of ether oxygens (including phenoxy) is 1. The lowest BCUT2D eigenvalue weighted by Crippen LogP contribution is -2.29. The number of carboxylic acids is 1. The smallest absolute Gasteiger partial charge is 0.326 e. The minimum Gasteiger partial charge on any atom is -0.497 e. The number of nitrogens with two attached hydrogens (primary N) is 1. The molecule has 6 nitrogen and oxygen atoms in total. The van der Waals surface area contributed by atoms with Crippen molar-refractivity contribution < 1.29 is 19.4 Å². The van der Waals surface area contributed by atoms with Gasteiger partial charge in [0.2, 0.25) is 0 Å². The van der Waals surface area contributed by atoms with E-state index in [0.29, 0.717) is 17.9 Å². The van der Waals surface area contributed by atoms with Crippen molar-refractivity contribution in [2.45, 2.75) is 19.4 Å². The second-order valence-electron chi connectivity index (χ2n) is 3.72. The van der Waals surface area contributed by atoms with E-state index in [1.807, 2.05) is 0 Å². The van der Waals surface area contributed by atoms with Crippen LogP contribution in [0.25, 0.3) is 0 Å². The van der Waals surface area contributed by atoms with Gasteiger partial charge in [-0.25, -0.2) is 4.79 Å². The standard InChI is InChI=1S/C12H16N2O4/c1-3-9(12(16)17)14-10-5-4-7(18-2)6-8(10)11(13)15/h4-6,9,14H,3H2,1-2H3,(H2,13,15)(H,16,17). The summed E-state index contributed by atoms with van der Waals surface area (Å²) >= 11 is 0. The summed E-state index contributed by atoms with van der Waals surface area (Å²) in [6.07, 6.45) is 0.388. The van der Waals surface area contributed by atoms with Crippen molar-refractivity contribution in [2.75, 3.05) is 12.4 Å². The van der Waals surface area contributed by atoms with Crippen LogP contribution in [0.5, 0.6) is 5.75 Å². The van der Waals surface area contributed by atoms with Gasteiger partial charge in [-0.1, -0.05) is 6.92 Å². The molecule has 0 aliphatic rings. The van der Waals surface area contributed by atoms with Crippen LogP contribution in [0.15, 0.2) is 18.2 Å². The number of aliphatic carboxylic acids is 1. The lowest BCUT2D eigenvalue weighted by molar-refractivity contribution is -0.137. The molecule has 0 fully saturated rings. The Kier molecular flexibility index (Phi) is 4.53. The van der Waals surface area contributed by atoms with Gasteiger partial charge in [-0.05, 0) is 24.6 Å². The van der Waals surface area contributed by atoms with E-state index in [0.717, 1.165) is 0 Å². The molecule has 0 heterocycles. The van der Waals surface area contributed by atoms with E-state index in [4.69, 9.17) is 15.6 Å². The van der Waals surface area contributed by atoms with E-state index < -0.39 is 17.9 Å². The first-order valence-corrected chi connectivity index (χ1v) is 5.46. The minimum atomic E-state index is -0.983. The van der Waals surface area contributed by atoms with Gasteiger partial charge in [-0.2, -0.15) is 0 Å². The summed E-state index contributed by atoms with van der Waals surface area (Å²) < 4.78 is 4.99. The molecular formula is C12H16N2O4. The van der Waals surface area contributed by atoms with Gasteiger partial charge in [-0.3, -0.25) is 4.79 Å². The molecular weight excluding hydrogens is 236 g/mol. The third-order valence-electron chi connectivity index (χ3n) is 2.53. The Morgan fingerprint density at radius 2 is 2.17 bits per heavy atom. The zero-order valence-electron chi connectivity index (χ0n) is 10.3. The number of amides is 1. The van der Waals surface area contributed by atoms with Gasteiger partial charge in [0.25, 0.3) is 5.91 Å². The molecule has 0 saturated heterocycles. The Bertz CT molecular complexity index is 459. The number of methoxy groups -OCH3 is 1. The highest BCUT2D eigenvalue weighted by molar-refractivity contribution is 5.99. The van der Waals surface area contributed by atoms with Crippen molar-refractivity contribution in [1.29, 1.82) is 0 Å². The van der Waals surface area contributed by atoms with Crippen molar-refractivity contribution in [3.63, 3.8) is 0 Å². The first-order valence-electron chi connectivity index (χ1n) is 5.46. The van der Waals surface area contributed by atoms with Gasteiger partial charge in [0.15, 0.2) is 0 Å². The van der Waals surface area contributed by atoms with Crippen molar-refractivity contribution in [3.8, 4) is 5.75 Å². The third kappa shape index (κ3) is 3.13. The summed E-state index contributed by atoms with van der Waals surface area (Å²) in [4.78, 5) is 22.2. The molecule has 0 saturated carbocycles. The summed E-state index contributed by atoms with van der Waals surface area (Å²) in [7, 11) is 1.47. The number of carboxylic acid groups (broad SMARTS) is 1. The highest BCUT2D eigenvalue weighted by Crippen LogP contribution is 2.22. The maximum atomic E-state index is 11.3. The first-order chi connectivity index (χ1) is 8.49. The van der Waals surface area contributed by atoms with Gasteiger partial charge >= 0.3 is 5.97 Å². The second kappa shape index (κ2) is 5.90. The summed E-state index contributed by atoms with van der Waals surface area (Å²) in [6, 6.07) is 3.91. The Balaban J connectivity index is 3.08. The molecule has 1 unspecified atom stereocenters. The molecule has 0 spiro atoms. The zero-order valence-corrected chi connectivity index (χ0v) is 10.3. The average molecular weight is 252 g/mol. The van der Waals surface area contributed by atoms with Gasteiger partial charge in [0.05, 0.1) is 12.7 Å². The lowest BCUT2D eigenvalue weighted by atomic mass is 10.1. The van der Waals surface area contributed by atoms with E-state index in [2.05, 4.69) is 5.32 Å². The fraction of sp³-hybridized carbons (Fsp3) is 0.333.